The minimum absolute atomic E-state index is 0.00960. The SMILES string of the molecule is O=C(NCc1nc(C(=O)N2CC3C(C2)C3C(=O)O)cs1)OCC1c2ccccc2-c2ccccc21. The van der Waals surface area contributed by atoms with Crippen molar-refractivity contribution in [2.24, 2.45) is 17.8 Å². The molecular weight excluding hydrogens is 466 g/mol. The highest BCUT2D eigenvalue weighted by molar-refractivity contribution is 7.09. The summed E-state index contributed by atoms with van der Waals surface area (Å²) < 4.78 is 5.55. The number of hydrogen-bond acceptors (Lipinski definition) is 6. The number of carbonyl (C=O) groups is 3. The summed E-state index contributed by atoms with van der Waals surface area (Å²) in [4.78, 5) is 42.3. The molecule has 3 aromatic rings. The van der Waals surface area contributed by atoms with Gasteiger partial charge in [-0.05, 0) is 34.1 Å². The highest BCUT2D eigenvalue weighted by Crippen LogP contribution is 2.52. The van der Waals surface area contributed by atoms with Gasteiger partial charge in [0.2, 0.25) is 0 Å². The minimum Gasteiger partial charge on any atom is -0.481 e. The molecular formula is C26H23N3O5S. The van der Waals surface area contributed by atoms with E-state index in [2.05, 4.69) is 34.6 Å². The van der Waals surface area contributed by atoms with E-state index in [0.29, 0.717) is 23.8 Å². The van der Waals surface area contributed by atoms with Gasteiger partial charge in [0.15, 0.2) is 0 Å². The third-order valence-electron chi connectivity index (χ3n) is 7.26. The first-order valence-corrected chi connectivity index (χ1v) is 12.4. The maximum atomic E-state index is 12.7. The van der Waals surface area contributed by atoms with Crippen molar-refractivity contribution in [3.05, 3.63) is 75.7 Å². The zero-order valence-corrected chi connectivity index (χ0v) is 19.5. The van der Waals surface area contributed by atoms with E-state index in [9.17, 15) is 14.4 Å². The predicted molar refractivity (Wildman–Crippen MR) is 128 cm³/mol. The number of benzene rings is 2. The van der Waals surface area contributed by atoms with Crippen molar-refractivity contribution in [1.82, 2.24) is 15.2 Å². The summed E-state index contributed by atoms with van der Waals surface area (Å²) in [6.45, 7) is 1.33. The van der Waals surface area contributed by atoms with Crippen molar-refractivity contribution in [2.45, 2.75) is 12.5 Å². The molecule has 0 spiro atoms. The Morgan fingerprint density at radius 2 is 1.66 bits per heavy atom. The van der Waals surface area contributed by atoms with Crippen molar-refractivity contribution in [1.29, 1.82) is 0 Å². The number of alkyl carbamates (subject to hydrolysis) is 1. The molecule has 1 aromatic heterocycles. The number of carboxylic acid groups (broad SMARTS) is 1. The zero-order valence-electron chi connectivity index (χ0n) is 18.7. The molecule has 9 heteroatoms. The van der Waals surface area contributed by atoms with Crippen molar-refractivity contribution in [3.63, 3.8) is 0 Å². The molecule has 35 heavy (non-hydrogen) atoms. The molecule has 2 N–H and O–H groups in total. The van der Waals surface area contributed by atoms with E-state index in [-0.39, 0.29) is 42.7 Å². The van der Waals surface area contributed by atoms with Crippen molar-refractivity contribution in [2.75, 3.05) is 19.7 Å². The molecule has 2 fully saturated rings. The lowest BCUT2D eigenvalue weighted by Crippen LogP contribution is -2.32. The monoisotopic (exact) mass is 489 g/mol. The standard InChI is InChI=1S/C26H23N3O5S/c30-24(29-10-18-19(11-29)23(18)25(31)32)21-13-35-22(28-21)9-27-26(33)34-12-20-16-7-3-1-5-14(16)15-6-2-4-8-17(15)20/h1-8,13,18-20,23H,9-12H2,(H,27,33)(H,31,32). The van der Waals surface area contributed by atoms with Gasteiger partial charge in [-0.3, -0.25) is 9.59 Å². The Hall–Kier alpha value is -3.72. The van der Waals surface area contributed by atoms with Crippen LogP contribution in [0.4, 0.5) is 4.79 Å². The van der Waals surface area contributed by atoms with Gasteiger partial charge in [0, 0.05) is 24.4 Å². The summed E-state index contributed by atoms with van der Waals surface area (Å²) in [5.41, 5.74) is 4.97. The maximum absolute atomic E-state index is 12.7. The largest absolute Gasteiger partial charge is 0.481 e. The number of aromatic nitrogens is 1. The van der Waals surface area contributed by atoms with E-state index >= 15 is 0 Å². The Bertz CT molecular complexity index is 1280. The molecule has 2 aromatic carbocycles. The van der Waals surface area contributed by atoms with E-state index in [1.807, 2.05) is 24.3 Å². The Kier molecular flexibility index (Phi) is 5.29. The average molecular weight is 490 g/mol. The molecule has 0 radical (unpaired) electrons. The average Bonchev–Trinajstić information content (AvgIpc) is 3.23. The summed E-state index contributed by atoms with van der Waals surface area (Å²) in [6.07, 6.45) is -0.533. The molecule has 2 amide bonds. The van der Waals surface area contributed by atoms with Crippen LogP contribution in [0, 0.1) is 17.8 Å². The van der Waals surface area contributed by atoms with Gasteiger partial charge in [-0.25, -0.2) is 9.78 Å². The number of nitrogens with one attached hydrogen (secondary N) is 1. The number of rotatable bonds is 6. The number of amides is 2. The second-order valence-corrected chi connectivity index (χ2v) is 10.2. The molecule has 1 saturated carbocycles. The van der Waals surface area contributed by atoms with E-state index in [0.717, 1.165) is 11.1 Å². The van der Waals surface area contributed by atoms with Crippen LogP contribution in [0.1, 0.15) is 32.5 Å². The molecule has 6 rings (SSSR count). The minimum atomic E-state index is -0.776. The van der Waals surface area contributed by atoms with Gasteiger partial charge in [-0.15, -0.1) is 11.3 Å². The smallest absolute Gasteiger partial charge is 0.407 e. The predicted octanol–water partition coefficient (Wildman–Crippen LogP) is 3.58. The van der Waals surface area contributed by atoms with Crippen LogP contribution < -0.4 is 5.32 Å². The molecule has 8 nitrogen and oxygen atoms in total. The number of piperidine rings is 1. The van der Waals surface area contributed by atoms with Gasteiger partial charge >= 0.3 is 12.1 Å². The highest BCUT2D eigenvalue weighted by Gasteiger charge is 2.60. The first-order valence-electron chi connectivity index (χ1n) is 11.6. The van der Waals surface area contributed by atoms with Crippen molar-refractivity contribution >= 4 is 29.3 Å². The third kappa shape index (κ3) is 3.85. The molecule has 2 heterocycles. The van der Waals surface area contributed by atoms with E-state index in [1.165, 1.54) is 22.5 Å². The second-order valence-electron chi connectivity index (χ2n) is 9.21. The number of thiazole rings is 1. The fraction of sp³-hybridized carbons (Fsp3) is 0.308. The van der Waals surface area contributed by atoms with Gasteiger partial charge in [-0.2, -0.15) is 0 Å². The van der Waals surface area contributed by atoms with E-state index in [1.54, 1.807) is 10.3 Å². The molecule has 1 aliphatic heterocycles. The molecule has 3 aliphatic rings. The van der Waals surface area contributed by atoms with Crippen LogP contribution in [-0.2, 0) is 16.1 Å². The Morgan fingerprint density at radius 1 is 1.03 bits per heavy atom. The third-order valence-corrected chi connectivity index (χ3v) is 8.11. The Labute approximate surface area is 205 Å². The number of hydrogen-bond donors (Lipinski definition) is 2. The lowest BCUT2D eigenvalue weighted by atomic mass is 9.98. The summed E-state index contributed by atoms with van der Waals surface area (Å²) in [6, 6.07) is 16.3. The van der Waals surface area contributed by atoms with Crippen molar-refractivity contribution < 1.29 is 24.2 Å². The summed E-state index contributed by atoms with van der Waals surface area (Å²) in [7, 11) is 0. The zero-order chi connectivity index (χ0) is 24.1. The topological polar surface area (TPSA) is 109 Å². The molecule has 178 valence electrons. The quantitative estimate of drug-likeness (QED) is 0.548. The summed E-state index contributed by atoms with van der Waals surface area (Å²) >= 11 is 1.30. The lowest BCUT2D eigenvalue weighted by molar-refractivity contribution is -0.139. The maximum Gasteiger partial charge on any atom is 0.407 e. The number of ether oxygens (including phenoxy) is 1. The number of carbonyl (C=O) groups excluding carboxylic acids is 2. The summed E-state index contributed by atoms with van der Waals surface area (Å²) in [5, 5.41) is 14.1. The number of nitrogens with zero attached hydrogens (tertiary/aromatic N) is 2. The molecule has 0 bridgehead atoms. The van der Waals surface area contributed by atoms with Crippen LogP contribution in [0.2, 0.25) is 0 Å². The van der Waals surface area contributed by atoms with E-state index in [4.69, 9.17) is 9.84 Å². The first kappa shape index (κ1) is 21.8. The molecule has 2 aliphatic carbocycles. The second kappa shape index (κ2) is 8.49. The van der Waals surface area contributed by atoms with Crippen LogP contribution in [0.3, 0.4) is 0 Å². The number of fused-ring (bicyclic) bond motifs is 4. The lowest BCUT2D eigenvalue weighted by Gasteiger charge is -2.17. The Morgan fingerprint density at radius 3 is 2.29 bits per heavy atom. The van der Waals surface area contributed by atoms with Crippen LogP contribution in [0.25, 0.3) is 11.1 Å². The van der Waals surface area contributed by atoms with Gasteiger partial charge in [-0.1, -0.05) is 48.5 Å². The fourth-order valence-corrected chi connectivity index (χ4v) is 6.22. The van der Waals surface area contributed by atoms with Crippen LogP contribution in [0.15, 0.2) is 53.9 Å². The van der Waals surface area contributed by atoms with Crippen molar-refractivity contribution in [3.8, 4) is 11.1 Å². The molecule has 1 saturated heterocycles. The van der Waals surface area contributed by atoms with Gasteiger partial charge in [0.1, 0.15) is 17.3 Å². The van der Waals surface area contributed by atoms with Crippen LogP contribution in [0.5, 0.6) is 0 Å². The van der Waals surface area contributed by atoms with Gasteiger partial charge in [0.25, 0.3) is 5.91 Å². The Balaban J connectivity index is 1.02. The van der Waals surface area contributed by atoms with E-state index < -0.39 is 12.1 Å². The normalized spacial score (nSPS) is 21.7. The van der Waals surface area contributed by atoms with Gasteiger partial charge in [0.05, 0.1) is 12.5 Å². The number of likely N-dealkylation sites (tertiary alicyclic amines) is 1. The number of aliphatic carboxylic acids is 1. The number of carboxylic acids is 1. The molecule has 2 atom stereocenters. The summed E-state index contributed by atoms with van der Waals surface area (Å²) in [5.74, 6) is -1.17. The molecule has 2 unspecified atom stereocenters. The first-order chi connectivity index (χ1) is 17.0. The van der Waals surface area contributed by atoms with Crippen LogP contribution >= 0.6 is 11.3 Å². The van der Waals surface area contributed by atoms with Crippen LogP contribution in [-0.4, -0.2) is 52.7 Å². The highest BCUT2D eigenvalue weighted by atomic mass is 32.1. The fourth-order valence-electron chi connectivity index (χ4n) is 5.51. The van der Waals surface area contributed by atoms with Gasteiger partial charge < -0.3 is 20.1 Å².